The molecule has 0 spiro atoms. The summed E-state index contributed by atoms with van der Waals surface area (Å²) >= 11 is 0. The van der Waals surface area contributed by atoms with Gasteiger partial charge in [0.05, 0.1) is 17.4 Å². The number of carbonyl (C=O) groups is 1. The highest BCUT2D eigenvalue weighted by Crippen LogP contribution is 2.23. The van der Waals surface area contributed by atoms with Crippen LogP contribution in [-0.2, 0) is 4.79 Å². The maximum atomic E-state index is 13.2. The topological polar surface area (TPSA) is 67.2 Å². The summed E-state index contributed by atoms with van der Waals surface area (Å²) in [6, 6.07) is 3.77. The molecule has 1 aromatic carbocycles. The van der Waals surface area contributed by atoms with Gasteiger partial charge in [-0.1, -0.05) is 6.92 Å². The normalized spacial score (nSPS) is 12.3. The molecule has 4 nitrogen and oxygen atoms in total. The number of hydrogen-bond acceptors (Lipinski definition) is 3. The average molecular weight is 253 g/mol. The Balaban J connectivity index is 2.90. The summed E-state index contributed by atoms with van der Waals surface area (Å²) in [6.07, 6.45) is 0.556. The molecule has 1 rings (SSSR count). The van der Waals surface area contributed by atoms with E-state index in [2.05, 4.69) is 10.6 Å². The Morgan fingerprint density at radius 3 is 2.61 bits per heavy atom. The first-order valence-corrected chi connectivity index (χ1v) is 6.06. The molecule has 0 aliphatic carbocycles. The Morgan fingerprint density at radius 2 is 2.06 bits per heavy atom. The van der Waals surface area contributed by atoms with Crippen molar-refractivity contribution in [2.24, 2.45) is 5.73 Å². The van der Waals surface area contributed by atoms with E-state index < -0.39 is 6.04 Å². The fraction of sp³-hybridized carbons (Fsp3) is 0.462. The summed E-state index contributed by atoms with van der Waals surface area (Å²) in [5.74, 6) is -0.619. The second-order valence-corrected chi connectivity index (χ2v) is 4.49. The lowest BCUT2D eigenvalue weighted by Crippen LogP contribution is -2.35. The van der Waals surface area contributed by atoms with Crippen molar-refractivity contribution in [1.29, 1.82) is 0 Å². The first-order chi connectivity index (χ1) is 8.43. The van der Waals surface area contributed by atoms with E-state index in [-0.39, 0.29) is 17.8 Å². The van der Waals surface area contributed by atoms with Crippen molar-refractivity contribution in [3.05, 3.63) is 24.0 Å². The molecule has 0 saturated heterocycles. The van der Waals surface area contributed by atoms with E-state index in [4.69, 9.17) is 5.73 Å². The zero-order valence-electron chi connectivity index (χ0n) is 11.0. The van der Waals surface area contributed by atoms with Gasteiger partial charge in [-0.05, 0) is 38.5 Å². The lowest BCUT2D eigenvalue weighted by atomic mass is 10.2. The van der Waals surface area contributed by atoms with Gasteiger partial charge in [0, 0.05) is 6.04 Å². The van der Waals surface area contributed by atoms with Gasteiger partial charge in [-0.3, -0.25) is 4.79 Å². The minimum absolute atomic E-state index is 0.141. The number of hydrogen-bond donors (Lipinski definition) is 3. The van der Waals surface area contributed by atoms with E-state index in [0.717, 1.165) is 0 Å². The van der Waals surface area contributed by atoms with Crippen LogP contribution >= 0.6 is 0 Å². The van der Waals surface area contributed by atoms with Crippen LogP contribution < -0.4 is 16.4 Å². The molecule has 0 aliphatic heterocycles. The summed E-state index contributed by atoms with van der Waals surface area (Å²) in [5.41, 5.74) is 6.74. The highest BCUT2D eigenvalue weighted by atomic mass is 19.1. The number of anilines is 2. The molecule has 0 fully saturated rings. The third-order valence-electron chi connectivity index (χ3n) is 2.46. The first-order valence-electron chi connectivity index (χ1n) is 6.06. The average Bonchev–Trinajstić information content (AvgIpc) is 2.30. The summed E-state index contributed by atoms with van der Waals surface area (Å²) in [4.78, 5) is 11.7. The van der Waals surface area contributed by atoms with Crippen LogP contribution in [0.5, 0.6) is 0 Å². The van der Waals surface area contributed by atoms with Crippen LogP contribution in [0.2, 0.25) is 0 Å². The number of carbonyl (C=O) groups excluding carboxylic acids is 1. The summed E-state index contributed by atoms with van der Waals surface area (Å²) < 4.78 is 13.2. The van der Waals surface area contributed by atoms with Gasteiger partial charge in [0.15, 0.2) is 0 Å². The second-order valence-electron chi connectivity index (χ2n) is 4.49. The Kier molecular flexibility index (Phi) is 5.09. The minimum Gasteiger partial charge on any atom is -0.381 e. The van der Waals surface area contributed by atoms with Gasteiger partial charge in [0.2, 0.25) is 5.91 Å². The number of halogens is 1. The van der Waals surface area contributed by atoms with Crippen molar-refractivity contribution in [2.75, 3.05) is 10.6 Å². The third-order valence-corrected chi connectivity index (χ3v) is 2.46. The standard InChI is InChI=1S/C13H20FN3O/c1-4-10(15)13(18)17-11-6-5-9(14)7-12(11)16-8(2)3/h5-8,10,16H,4,15H2,1-3H3,(H,17,18)/t10-/m0/s1. The van der Waals surface area contributed by atoms with Crippen LogP contribution in [0, 0.1) is 5.82 Å². The summed E-state index contributed by atoms with van der Waals surface area (Å²) in [5, 5.41) is 5.78. The molecule has 0 unspecified atom stereocenters. The van der Waals surface area contributed by atoms with Crippen LogP contribution in [0.15, 0.2) is 18.2 Å². The zero-order chi connectivity index (χ0) is 13.7. The Bertz CT molecular complexity index is 421. The van der Waals surface area contributed by atoms with Gasteiger partial charge >= 0.3 is 0 Å². The first kappa shape index (κ1) is 14.4. The number of nitrogens with one attached hydrogen (secondary N) is 2. The number of amides is 1. The van der Waals surface area contributed by atoms with Crippen molar-refractivity contribution < 1.29 is 9.18 Å². The molecule has 0 aliphatic rings. The Labute approximate surface area is 107 Å². The van der Waals surface area contributed by atoms with Crippen LogP contribution in [0.3, 0.4) is 0 Å². The smallest absolute Gasteiger partial charge is 0.241 e. The molecule has 100 valence electrons. The lowest BCUT2D eigenvalue weighted by Gasteiger charge is -2.17. The van der Waals surface area contributed by atoms with Gasteiger partial charge in [0.1, 0.15) is 5.82 Å². The van der Waals surface area contributed by atoms with E-state index >= 15 is 0 Å². The van der Waals surface area contributed by atoms with Crippen LogP contribution in [0.25, 0.3) is 0 Å². The van der Waals surface area contributed by atoms with Crippen molar-refractivity contribution in [2.45, 2.75) is 39.3 Å². The van der Waals surface area contributed by atoms with Gasteiger partial charge in [0.25, 0.3) is 0 Å². The zero-order valence-corrected chi connectivity index (χ0v) is 11.0. The molecular weight excluding hydrogens is 233 g/mol. The van der Waals surface area contributed by atoms with E-state index in [1.165, 1.54) is 18.2 Å². The Morgan fingerprint density at radius 1 is 1.39 bits per heavy atom. The molecule has 0 aromatic heterocycles. The number of rotatable bonds is 5. The molecule has 0 bridgehead atoms. The van der Waals surface area contributed by atoms with Crippen molar-refractivity contribution >= 4 is 17.3 Å². The minimum atomic E-state index is -0.554. The SMILES string of the molecule is CC[C@H](N)C(=O)Nc1ccc(F)cc1NC(C)C. The molecule has 0 saturated carbocycles. The monoisotopic (exact) mass is 253 g/mol. The fourth-order valence-electron chi connectivity index (χ4n) is 1.47. The van der Waals surface area contributed by atoms with E-state index in [0.29, 0.717) is 17.8 Å². The maximum Gasteiger partial charge on any atom is 0.241 e. The van der Waals surface area contributed by atoms with E-state index in [1.807, 2.05) is 20.8 Å². The summed E-state index contributed by atoms with van der Waals surface area (Å²) in [7, 11) is 0. The molecule has 0 heterocycles. The van der Waals surface area contributed by atoms with Gasteiger partial charge in [-0.2, -0.15) is 0 Å². The largest absolute Gasteiger partial charge is 0.381 e. The van der Waals surface area contributed by atoms with Gasteiger partial charge < -0.3 is 16.4 Å². The van der Waals surface area contributed by atoms with E-state index in [9.17, 15) is 9.18 Å². The molecule has 1 atom stereocenters. The predicted molar refractivity (Wildman–Crippen MR) is 72.1 cm³/mol. The predicted octanol–water partition coefficient (Wildman–Crippen LogP) is 2.32. The summed E-state index contributed by atoms with van der Waals surface area (Å²) in [6.45, 7) is 5.71. The lowest BCUT2D eigenvalue weighted by molar-refractivity contribution is -0.117. The van der Waals surface area contributed by atoms with Crippen LogP contribution in [-0.4, -0.2) is 18.0 Å². The molecule has 1 amide bonds. The van der Waals surface area contributed by atoms with Crippen LogP contribution in [0.1, 0.15) is 27.2 Å². The highest BCUT2D eigenvalue weighted by Gasteiger charge is 2.13. The molecular formula is C13H20FN3O. The number of nitrogens with two attached hydrogens (primary N) is 1. The maximum absolute atomic E-state index is 13.2. The van der Waals surface area contributed by atoms with E-state index in [1.54, 1.807) is 0 Å². The van der Waals surface area contributed by atoms with Crippen LogP contribution in [0.4, 0.5) is 15.8 Å². The quantitative estimate of drug-likeness (QED) is 0.754. The molecule has 18 heavy (non-hydrogen) atoms. The Hall–Kier alpha value is -1.62. The van der Waals surface area contributed by atoms with Crippen molar-refractivity contribution in [3.8, 4) is 0 Å². The highest BCUT2D eigenvalue weighted by molar-refractivity contribution is 5.97. The molecule has 0 radical (unpaired) electrons. The van der Waals surface area contributed by atoms with Gasteiger partial charge in [-0.15, -0.1) is 0 Å². The third kappa shape index (κ3) is 4.00. The second kappa shape index (κ2) is 6.35. The fourth-order valence-corrected chi connectivity index (χ4v) is 1.47. The molecule has 4 N–H and O–H groups in total. The molecule has 1 aromatic rings. The van der Waals surface area contributed by atoms with Gasteiger partial charge in [-0.25, -0.2) is 4.39 Å². The number of benzene rings is 1. The molecule has 5 heteroatoms. The van der Waals surface area contributed by atoms with Crippen molar-refractivity contribution in [1.82, 2.24) is 0 Å². The van der Waals surface area contributed by atoms with Crippen molar-refractivity contribution in [3.63, 3.8) is 0 Å².